The molecule has 7 heteroatoms. The molecular formula is C15H11FN4O2. The van der Waals surface area contributed by atoms with Gasteiger partial charge in [0, 0.05) is 35.0 Å². The van der Waals surface area contributed by atoms with Crippen LogP contribution in [0.15, 0.2) is 35.5 Å². The largest absolute Gasteiger partial charge is 0.321 e. The predicted molar refractivity (Wildman–Crippen MR) is 80.0 cm³/mol. The molecule has 1 amide bonds. The third-order valence-corrected chi connectivity index (χ3v) is 3.38. The smallest absolute Gasteiger partial charge is 0.256 e. The maximum Gasteiger partial charge on any atom is 0.256 e. The van der Waals surface area contributed by atoms with Crippen LogP contribution < -0.4 is 10.9 Å². The van der Waals surface area contributed by atoms with E-state index in [1.807, 2.05) is 0 Å². The van der Waals surface area contributed by atoms with Crippen LogP contribution in [0.25, 0.3) is 22.0 Å². The minimum absolute atomic E-state index is 0.315. The number of carbonyl (C=O) groups excluding carboxylic acids is 1. The lowest BCUT2D eigenvalue weighted by Crippen LogP contribution is -2.10. The van der Waals surface area contributed by atoms with Gasteiger partial charge >= 0.3 is 0 Å². The third-order valence-electron chi connectivity index (χ3n) is 3.38. The summed E-state index contributed by atoms with van der Waals surface area (Å²) in [6.45, 7) is 1.59. The molecule has 2 N–H and O–H groups in total. The fraction of sp³-hybridized carbons (Fsp3) is 0.0667. The van der Waals surface area contributed by atoms with E-state index in [0.29, 0.717) is 39.8 Å². The van der Waals surface area contributed by atoms with E-state index in [1.165, 1.54) is 12.4 Å². The molecule has 3 rings (SSSR count). The summed E-state index contributed by atoms with van der Waals surface area (Å²) in [5, 5.41) is 3.07. The molecular weight excluding hydrogens is 287 g/mol. The van der Waals surface area contributed by atoms with Gasteiger partial charge in [0.1, 0.15) is 11.6 Å². The summed E-state index contributed by atoms with van der Waals surface area (Å²) >= 11 is 0. The van der Waals surface area contributed by atoms with E-state index in [1.54, 1.807) is 19.1 Å². The summed E-state index contributed by atoms with van der Waals surface area (Å²) in [5.41, 5.74) is 1.25. The van der Waals surface area contributed by atoms with Gasteiger partial charge in [-0.05, 0) is 18.6 Å². The van der Waals surface area contributed by atoms with Crippen molar-refractivity contribution in [2.75, 3.05) is 5.32 Å². The average Bonchev–Trinajstić information content (AvgIpc) is 2.50. The van der Waals surface area contributed by atoms with Crippen LogP contribution in [-0.2, 0) is 4.79 Å². The Morgan fingerprint density at radius 2 is 2.05 bits per heavy atom. The summed E-state index contributed by atoms with van der Waals surface area (Å²) < 4.78 is 13.6. The van der Waals surface area contributed by atoms with Crippen molar-refractivity contribution in [1.29, 1.82) is 0 Å². The molecule has 0 aliphatic carbocycles. The van der Waals surface area contributed by atoms with E-state index in [0.717, 1.165) is 6.20 Å². The highest BCUT2D eigenvalue weighted by Crippen LogP contribution is 2.24. The molecule has 0 bridgehead atoms. The van der Waals surface area contributed by atoms with E-state index < -0.39 is 5.82 Å². The van der Waals surface area contributed by atoms with E-state index in [4.69, 9.17) is 0 Å². The van der Waals surface area contributed by atoms with Crippen molar-refractivity contribution >= 4 is 23.1 Å². The van der Waals surface area contributed by atoms with Gasteiger partial charge in [-0.15, -0.1) is 0 Å². The number of hydrogen-bond donors (Lipinski definition) is 2. The van der Waals surface area contributed by atoms with Gasteiger partial charge in [0.25, 0.3) is 5.56 Å². The molecule has 3 heterocycles. The minimum Gasteiger partial charge on any atom is -0.321 e. The van der Waals surface area contributed by atoms with Crippen LogP contribution >= 0.6 is 0 Å². The fourth-order valence-electron chi connectivity index (χ4n) is 2.21. The van der Waals surface area contributed by atoms with Gasteiger partial charge < -0.3 is 10.3 Å². The van der Waals surface area contributed by atoms with Gasteiger partial charge in [-0.3, -0.25) is 14.6 Å². The summed E-state index contributed by atoms with van der Waals surface area (Å²) in [6, 6.07) is 3.17. The van der Waals surface area contributed by atoms with Gasteiger partial charge in [0.2, 0.25) is 6.41 Å². The second-order valence-corrected chi connectivity index (χ2v) is 4.73. The Kier molecular flexibility index (Phi) is 3.38. The number of nitrogens with one attached hydrogen (secondary N) is 2. The van der Waals surface area contributed by atoms with Gasteiger partial charge in [-0.1, -0.05) is 0 Å². The lowest BCUT2D eigenvalue weighted by atomic mass is 10.0. The molecule has 110 valence electrons. The molecule has 0 saturated carbocycles. The number of aromatic amines is 1. The topological polar surface area (TPSA) is 87.7 Å². The zero-order chi connectivity index (χ0) is 15.7. The van der Waals surface area contributed by atoms with Crippen LogP contribution in [0, 0.1) is 12.7 Å². The standard InChI is InChI=1S/C15H11FN4O2/c1-8-11(5-17-6-12(8)16)10-2-9-4-18-14(19-7-21)3-13(9)20-15(10)22/h2-7H,1H3,(H,20,22)(H,18,19,21). The van der Waals surface area contributed by atoms with E-state index in [2.05, 4.69) is 20.3 Å². The number of carbonyl (C=O) groups is 1. The van der Waals surface area contributed by atoms with Gasteiger partial charge in [-0.25, -0.2) is 9.37 Å². The summed E-state index contributed by atoms with van der Waals surface area (Å²) in [6.07, 6.45) is 4.57. The lowest BCUT2D eigenvalue weighted by Gasteiger charge is -2.07. The summed E-state index contributed by atoms with van der Waals surface area (Å²) in [4.78, 5) is 33.2. The molecule has 0 fully saturated rings. The van der Waals surface area contributed by atoms with Crippen molar-refractivity contribution in [3.05, 3.63) is 52.5 Å². The average molecular weight is 298 g/mol. The Labute approximate surface area is 124 Å². The third kappa shape index (κ3) is 2.32. The Balaban J connectivity index is 2.22. The van der Waals surface area contributed by atoms with Gasteiger partial charge in [0.05, 0.1) is 11.7 Å². The number of anilines is 1. The van der Waals surface area contributed by atoms with Crippen molar-refractivity contribution in [3.63, 3.8) is 0 Å². The summed E-state index contributed by atoms with van der Waals surface area (Å²) in [5.74, 6) is -0.143. The zero-order valence-electron chi connectivity index (χ0n) is 11.6. The van der Waals surface area contributed by atoms with Crippen molar-refractivity contribution < 1.29 is 9.18 Å². The van der Waals surface area contributed by atoms with Crippen LogP contribution in [0.4, 0.5) is 10.2 Å². The molecule has 0 saturated heterocycles. The van der Waals surface area contributed by atoms with Gasteiger partial charge in [-0.2, -0.15) is 0 Å². The first-order chi connectivity index (χ1) is 10.6. The number of pyridine rings is 3. The number of amides is 1. The fourth-order valence-corrected chi connectivity index (χ4v) is 2.21. The van der Waals surface area contributed by atoms with E-state index >= 15 is 0 Å². The van der Waals surface area contributed by atoms with Crippen LogP contribution in [-0.4, -0.2) is 21.4 Å². The number of fused-ring (bicyclic) bond motifs is 1. The first kappa shape index (κ1) is 13.9. The second kappa shape index (κ2) is 5.36. The number of nitrogens with zero attached hydrogens (tertiary/aromatic N) is 2. The number of aromatic nitrogens is 3. The first-order valence-corrected chi connectivity index (χ1v) is 6.44. The van der Waals surface area contributed by atoms with Crippen molar-refractivity contribution in [1.82, 2.24) is 15.0 Å². The normalized spacial score (nSPS) is 10.6. The highest BCUT2D eigenvalue weighted by atomic mass is 19.1. The molecule has 3 aromatic rings. The Morgan fingerprint density at radius 1 is 1.23 bits per heavy atom. The van der Waals surface area contributed by atoms with Crippen molar-refractivity contribution in [2.24, 2.45) is 0 Å². The molecule has 3 aromatic heterocycles. The Morgan fingerprint density at radius 3 is 2.82 bits per heavy atom. The molecule has 0 spiro atoms. The number of H-pyrrole nitrogens is 1. The molecule has 0 aliphatic heterocycles. The minimum atomic E-state index is -0.472. The molecule has 0 aliphatic rings. The highest BCUT2D eigenvalue weighted by molar-refractivity contribution is 5.86. The van der Waals surface area contributed by atoms with E-state index in [-0.39, 0.29) is 5.56 Å². The highest BCUT2D eigenvalue weighted by Gasteiger charge is 2.12. The lowest BCUT2D eigenvalue weighted by molar-refractivity contribution is -0.105. The number of hydrogen-bond acceptors (Lipinski definition) is 4. The second-order valence-electron chi connectivity index (χ2n) is 4.73. The SMILES string of the molecule is Cc1c(F)cncc1-c1cc2cnc(NC=O)cc2[nH]c1=O. The first-order valence-electron chi connectivity index (χ1n) is 6.44. The van der Waals surface area contributed by atoms with Gasteiger partial charge in [0.15, 0.2) is 0 Å². The van der Waals surface area contributed by atoms with Crippen molar-refractivity contribution in [3.8, 4) is 11.1 Å². The molecule has 22 heavy (non-hydrogen) atoms. The monoisotopic (exact) mass is 298 g/mol. The molecule has 0 atom stereocenters. The molecule has 6 nitrogen and oxygen atoms in total. The van der Waals surface area contributed by atoms with Crippen LogP contribution in [0.5, 0.6) is 0 Å². The van der Waals surface area contributed by atoms with Crippen LogP contribution in [0.1, 0.15) is 5.56 Å². The Hall–Kier alpha value is -3.09. The maximum absolute atomic E-state index is 13.6. The Bertz CT molecular complexity index is 936. The molecule has 0 radical (unpaired) electrons. The maximum atomic E-state index is 13.6. The summed E-state index contributed by atoms with van der Waals surface area (Å²) in [7, 11) is 0. The van der Waals surface area contributed by atoms with E-state index in [9.17, 15) is 14.0 Å². The van der Waals surface area contributed by atoms with Crippen molar-refractivity contribution in [2.45, 2.75) is 6.92 Å². The quantitative estimate of drug-likeness (QED) is 0.724. The zero-order valence-corrected chi connectivity index (χ0v) is 11.6. The van der Waals surface area contributed by atoms with Crippen LogP contribution in [0.3, 0.4) is 0 Å². The van der Waals surface area contributed by atoms with Crippen LogP contribution in [0.2, 0.25) is 0 Å². The predicted octanol–water partition coefficient (Wildman–Crippen LogP) is 2.00. The number of halogens is 1. The number of rotatable bonds is 3. The molecule has 0 aromatic carbocycles. The molecule has 0 unspecified atom stereocenters.